The Labute approximate surface area is 496 Å². The van der Waals surface area contributed by atoms with Crippen molar-refractivity contribution in [3.05, 3.63) is 222 Å². The van der Waals surface area contributed by atoms with E-state index < -0.39 is 23.5 Å². The van der Waals surface area contributed by atoms with Crippen molar-refractivity contribution in [3.63, 3.8) is 0 Å². The van der Waals surface area contributed by atoms with Gasteiger partial charge in [0.15, 0.2) is 0 Å². The molecule has 11 rings (SSSR count). The van der Waals surface area contributed by atoms with Crippen molar-refractivity contribution in [2.45, 2.75) is 131 Å². The number of hydrogen-bond donors (Lipinski definition) is 0. The van der Waals surface area contributed by atoms with Crippen LogP contribution >= 0.6 is 0 Å². The van der Waals surface area contributed by atoms with Gasteiger partial charge in [0.2, 0.25) is 0 Å². The van der Waals surface area contributed by atoms with Gasteiger partial charge in [-0.05, 0) is 124 Å². The Morgan fingerprint density at radius 2 is 1.07 bits per heavy atom. The average Bonchev–Trinajstić information content (AvgIpc) is 1.89. The third-order valence-electron chi connectivity index (χ3n) is 15.3. The molecule has 80 heavy (non-hydrogen) atoms. The van der Waals surface area contributed by atoms with E-state index in [2.05, 4.69) is 230 Å². The Morgan fingerprint density at radius 1 is 0.475 bits per heavy atom. The third kappa shape index (κ3) is 10.9. The number of rotatable bonds is 8. The van der Waals surface area contributed by atoms with Gasteiger partial charge in [-0.2, -0.15) is 18.2 Å². The zero-order valence-electron chi connectivity index (χ0n) is 53.9. The van der Waals surface area contributed by atoms with Crippen LogP contribution in [0.25, 0.3) is 83.4 Å². The molecule has 0 unspecified atom stereocenters. The number of benzene rings is 8. The number of ether oxygens (including phenoxy) is 1. The van der Waals surface area contributed by atoms with E-state index in [-0.39, 0.29) is 60.4 Å². The molecular formula is C74H74N4OPt-2. The minimum atomic E-state index is -0.450. The second kappa shape index (κ2) is 20.6. The Morgan fingerprint density at radius 3 is 1.75 bits per heavy atom. The van der Waals surface area contributed by atoms with Crippen LogP contribution in [0.3, 0.4) is 0 Å². The van der Waals surface area contributed by atoms with Gasteiger partial charge in [0.25, 0.3) is 6.33 Å². The normalized spacial score (nSPS) is 13.5. The van der Waals surface area contributed by atoms with Crippen molar-refractivity contribution in [2.75, 3.05) is 0 Å². The quantitative estimate of drug-likeness (QED) is 0.112. The first-order valence-electron chi connectivity index (χ1n) is 30.0. The van der Waals surface area contributed by atoms with Crippen LogP contribution < -0.4 is 9.30 Å². The van der Waals surface area contributed by atoms with Gasteiger partial charge in [0.05, 0.1) is 23.6 Å². The van der Waals surface area contributed by atoms with Crippen molar-refractivity contribution in [2.24, 2.45) is 0 Å². The fraction of sp³-hybridized carbons (Fsp3) is 0.270. The van der Waals surface area contributed by atoms with E-state index in [0.29, 0.717) is 28.4 Å². The molecule has 0 fully saturated rings. The molecule has 0 N–H and O–H groups in total. The van der Waals surface area contributed by atoms with Gasteiger partial charge >= 0.3 is 0 Å². The summed E-state index contributed by atoms with van der Waals surface area (Å²) in [6.45, 7) is 33.1. The zero-order valence-corrected chi connectivity index (χ0v) is 51.1. The van der Waals surface area contributed by atoms with Crippen LogP contribution in [0.15, 0.2) is 176 Å². The fourth-order valence-electron chi connectivity index (χ4n) is 10.5. The SMILES string of the molecule is [2H]c1c([2H])c([2H])c(-c2cc(C(C)(C)C)cc(-c3cccc(C(C)(C)C)c3)c2-[n+]2[c-]n(-c3[c-]c(Oc4[c-]c5c(cc4)c4ccccc4n5-c4cc(C(C)(C)C)ccn4)ccc3)c3cc(-c4cc(C(C)(C)C)cc(C(C)(C)C)c4)ccc32)c([2H])c1[2H].[Pt]. The van der Waals surface area contributed by atoms with E-state index in [9.17, 15) is 2.74 Å². The molecule has 0 saturated carbocycles. The number of para-hydroxylation sites is 1. The van der Waals surface area contributed by atoms with Gasteiger partial charge in [-0.3, -0.25) is 4.57 Å². The van der Waals surface area contributed by atoms with Crippen molar-refractivity contribution >= 4 is 32.8 Å². The average molecular weight is 1240 g/mol. The minimum Gasteiger partial charge on any atom is -0.510 e. The number of fused-ring (bicyclic) bond motifs is 4. The van der Waals surface area contributed by atoms with Gasteiger partial charge in [-0.1, -0.05) is 225 Å². The van der Waals surface area contributed by atoms with E-state index >= 15 is 0 Å². The molecule has 408 valence electrons. The number of imidazole rings is 1. The molecule has 3 aromatic heterocycles. The van der Waals surface area contributed by atoms with Crippen LogP contribution in [0.1, 0.15) is 139 Å². The number of aromatic nitrogens is 4. The molecule has 0 bridgehead atoms. The van der Waals surface area contributed by atoms with E-state index in [0.717, 1.165) is 72.0 Å². The van der Waals surface area contributed by atoms with Gasteiger partial charge in [-0.15, -0.1) is 29.7 Å². The largest absolute Gasteiger partial charge is 0.510 e. The Hall–Kier alpha value is -7.33. The molecule has 0 amide bonds. The topological polar surface area (TPSA) is 35.9 Å². The summed E-state index contributed by atoms with van der Waals surface area (Å²) in [5.74, 6) is 1.76. The molecule has 0 atom stereocenters. The molecule has 6 heteroatoms. The molecule has 0 saturated heterocycles. The summed E-state index contributed by atoms with van der Waals surface area (Å²) in [6.07, 6.45) is 5.70. The van der Waals surface area contributed by atoms with Crippen molar-refractivity contribution in [1.29, 1.82) is 0 Å². The Bertz CT molecular complexity index is 4380. The predicted octanol–water partition coefficient (Wildman–Crippen LogP) is 19.1. The number of hydrogen-bond acceptors (Lipinski definition) is 2. The van der Waals surface area contributed by atoms with Gasteiger partial charge in [0, 0.05) is 44.3 Å². The number of pyridine rings is 1. The minimum absolute atomic E-state index is 0. The molecule has 0 aliphatic carbocycles. The maximum Gasteiger partial charge on any atom is 0.268 e. The van der Waals surface area contributed by atoms with Gasteiger partial charge in [0.1, 0.15) is 5.82 Å². The summed E-state index contributed by atoms with van der Waals surface area (Å²) >= 11 is 0. The first-order chi connectivity index (χ1) is 39.4. The van der Waals surface area contributed by atoms with Crippen LogP contribution in [0.4, 0.5) is 0 Å². The van der Waals surface area contributed by atoms with Crippen molar-refractivity contribution in [3.8, 4) is 62.1 Å². The van der Waals surface area contributed by atoms with Crippen LogP contribution in [-0.4, -0.2) is 14.1 Å². The molecule has 0 radical (unpaired) electrons. The van der Waals surface area contributed by atoms with Crippen molar-refractivity contribution in [1.82, 2.24) is 14.1 Å². The van der Waals surface area contributed by atoms with Gasteiger partial charge < -0.3 is 13.9 Å². The van der Waals surface area contributed by atoms with E-state index in [1.165, 1.54) is 16.7 Å². The summed E-state index contributed by atoms with van der Waals surface area (Å²) in [4.78, 5) is 4.90. The van der Waals surface area contributed by atoms with Crippen LogP contribution in [0.2, 0.25) is 0 Å². The summed E-state index contributed by atoms with van der Waals surface area (Å²) in [5.41, 5.74) is 13.8. The van der Waals surface area contributed by atoms with E-state index in [1.807, 2.05) is 51.7 Å². The smallest absolute Gasteiger partial charge is 0.268 e. The summed E-state index contributed by atoms with van der Waals surface area (Å²) in [5, 5.41) is 2.11. The molecular weight excluding hydrogens is 1160 g/mol. The molecule has 0 spiro atoms. The number of nitrogens with zero attached hydrogens (tertiary/aromatic N) is 4. The second-order valence-corrected chi connectivity index (χ2v) is 26.4. The molecule has 3 heterocycles. The Balaban J connectivity index is 0.00000803. The monoisotopic (exact) mass is 1230 g/mol. The van der Waals surface area contributed by atoms with Crippen molar-refractivity contribution < 1.29 is 37.2 Å². The molecule has 0 aliphatic heterocycles. The summed E-state index contributed by atoms with van der Waals surface area (Å²) in [6, 6.07) is 54.1. The second-order valence-electron chi connectivity index (χ2n) is 26.4. The molecule has 5 nitrogen and oxygen atoms in total. The molecule has 11 aromatic rings. The third-order valence-corrected chi connectivity index (χ3v) is 15.3. The standard InChI is InChI=1S/C74H74N4O.Pt/c1-70(2,3)52-26-21-25-50(37-52)63-43-56(74(13,14)15)42-62(48-23-17-16-18-24-48)69(63)77-47-76(67-40-49(31-34-65(67)77)51-38-54(72(7,8)9)41-55(39-51)73(10,11)12)57-27-22-28-58(45-57)79-59-32-33-61-60-29-19-20-30-64(60)78(66(61)46-59)68-44-53(35-36-75-68)71(4,5)6;/h16-44H,1-15H3;/q-2;/i16D,17D,18D,23D,24D;. The zero-order chi connectivity index (χ0) is 60.3. The van der Waals surface area contributed by atoms with Crippen LogP contribution in [0.5, 0.6) is 11.5 Å². The summed E-state index contributed by atoms with van der Waals surface area (Å²) < 4.78 is 58.8. The Kier molecular flexibility index (Phi) is 12.8. The first kappa shape index (κ1) is 49.7. The van der Waals surface area contributed by atoms with Gasteiger partial charge in [-0.25, -0.2) is 4.98 Å². The summed E-state index contributed by atoms with van der Waals surface area (Å²) in [7, 11) is 0. The van der Waals surface area contributed by atoms with E-state index in [4.69, 9.17) is 13.8 Å². The maximum absolute atomic E-state index is 9.55. The molecule has 0 aliphatic rings. The molecule has 8 aromatic carbocycles. The maximum atomic E-state index is 9.55. The van der Waals surface area contributed by atoms with E-state index in [1.54, 1.807) is 0 Å². The predicted molar refractivity (Wildman–Crippen MR) is 330 cm³/mol. The van der Waals surface area contributed by atoms with Crippen LogP contribution in [0, 0.1) is 18.5 Å². The first-order valence-corrected chi connectivity index (χ1v) is 27.5. The fourth-order valence-corrected chi connectivity index (χ4v) is 10.5. The van der Waals surface area contributed by atoms with Crippen LogP contribution in [-0.2, 0) is 48.1 Å².